The molecule has 1 rings (SSSR count). The van der Waals surface area contributed by atoms with Crippen LogP contribution in [-0.2, 0) is 14.8 Å². The maximum atomic E-state index is 12.1. The Hall–Kier alpha value is -0.700. The van der Waals surface area contributed by atoms with Gasteiger partial charge in [0.1, 0.15) is 5.84 Å². The van der Waals surface area contributed by atoms with Crippen molar-refractivity contribution in [3.63, 3.8) is 0 Å². The number of amidine groups is 1. The normalized spacial score (nSPS) is 20.2. The summed E-state index contributed by atoms with van der Waals surface area (Å²) in [7, 11) is -1.54. The van der Waals surface area contributed by atoms with Gasteiger partial charge < -0.3 is 15.4 Å². The molecule has 0 amide bonds. The van der Waals surface area contributed by atoms with E-state index in [0.717, 1.165) is 0 Å². The van der Waals surface area contributed by atoms with Crippen molar-refractivity contribution in [2.24, 2.45) is 5.73 Å². The number of sulfonamides is 1. The van der Waals surface area contributed by atoms with Gasteiger partial charge in [0.05, 0.1) is 24.0 Å². The number of nitrogens with two attached hydrogens (primary N) is 1. The van der Waals surface area contributed by atoms with Crippen LogP contribution in [0.25, 0.3) is 0 Å². The van der Waals surface area contributed by atoms with Crippen LogP contribution in [0.4, 0.5) is 0 Å². The lowest BCUT2D eigenvalue weighted by Gasteiger charge is -2.39. The topological polar surface area (TPSA) is 109 Å². The molecule has 4 N–H and O–H groups in total. The molecule has 0 saturated carbocycles. The average Bonchev–Trinajstić information content (AvgIpc) is 2.31. The maximum Gasteiger partial charge on any atom is 0.214 e. The molecule has 1 aliphatic rings. The smallest absolute Gasteiger partial charge is 0.214 e. The second-order valence-electron chi connectivity index (χ2n) is 5.64. The van der Waals surface area contributed by atoms with Gasteiger partial charge in [-0.3, -0.25) is 5.41 Å². The highest BCUT2D eigenvalue weighted by molar-refractivity contribution is 7.89. The third-order valence-electron chi connectivity index (χ3n) is 3.51. The van der Waals surface area contributed by atoms with Crippen LogP contribution in [0.5, 0.6) is 0 Å². The molecule has 1 aliphatic heterocycles. The minimum absolute atomic E-state index is 0.00435. The molecule has 0 radical (unpaired) electrons. The summed E-state index contributed by atoms with van der Waals surface area (Å²) in [5.41, 5.74) is 4.70. The lowest BCUT2D eigenvalue weighted by Crippen LogP contribution is -2.62. The molecule has 0 aromatic heterocycles. The van der Waals surface area contributed by atoms with Gasteiger partial charge in [0, 0.05) is 13.1 Å². The van der Waals surface area contributed by atoms with Gasteiger partial charge in [-0.1, -0.05) is 0 Å². The first-order valence-corrected chi connectivity index (χ1v) is 8.48. The Morgan fingerprint density at radius 1 is 1.45 bits per heavy atom. The van der Waals surface area contributed by atoms with Crippen LogP contribution in [0.1, 0.15) is 26.7 Å². The van der Waals surface area contributed by atoms with Crippen molar-refractivity contribution in [2.75, 3.05) is 32.5 Å². The highest BCUT2D eigenvalue weighted by Gasteiger charge is 2.40. The molecule has 8 heteroatoms. The van der Waals surface area contributed by atoms with Gasteiger partial charge >= 0.3 is 0 Å². The fourth-order valence-corrected chi connectivity index (χ4v) is 3.50. The fraction of sp³-hybridized carbons (Fsp3) is 0.917. The van der Waals surface area contributed by atoms with Crippen LogP contribution in [0.2, 0.25) is 0 Å². The van der Waals surface area contributed by atoms with Gasteiger partial charge in [-0.2, -0.15) is 0 Å². The number of likely N-dealkylation sites (tertiary alicyclic amines) is 1. The van der Waals surface area contributed by atoms with Crippen molar-refractivity contribution < 1.29 is 13.2 Å². The summed E-state index contributed by atoms with van der Waals surface area (Å²) in [6.07, 6.45) is 1.03. The molecule has 1 heterocycles. The Morgan fingerprint density at radius 2 is 2.00 bits per heavy atom. The van der Waals surface area contributed by atoms with E-state index in [2.05, 4.69) is 9.62 Å². The number of ether oxygens (including phenoxy) is 1. The molecule has 118 valence electrons. The van der Waals surface area contributed by atoms with Crippen molar-refractivity contribution in [3.05, 3.63) is 0 Å². The van der Waals surface area contributed by atoms with E-state index in [1.165, 1.54) is 0 Å². The number of rotatable bonds is 7. The monoisotopic (exact) mass is 306 g/mol. The molecule has 0 aliphatic carbocycles. The van der Waals surface area contributed by atoms with Crippen molar-refractivity contribution in [1.82, 2.24) is 9.62 Å². The van der Waals surface area contributed by atoms with Crippen molar-refractivity contribution in [2.45, 2.75) is 38.3 Å². The Morgan fingerprint density at radius 3 is 2.45 bits per heavy atom. The highest BCUT2D eigenvalue weighted by Crippen LogP contribution is 2.22. The van der Waals surface area contributed by atoms with E-state index in [-0.39, 0.29) is 24.3 Å². The van der Waals surface area contributed by atoms with Gasteiger partial charge in [-0.25, -0.2) is 13.1 Å². The predicted octanol–water partition coefficient (Wildman–Crippen LogP) is -0.269. The fourth-order valence-electron chi connectivity index (χ4n) is 2.17. The first kappa shape index (κ1) is 17.4. The van der Waals surface area contributed by atoms with E-state index in [0.29, 0.717) is 25.9 Å². The number of nitrogens with zero attached hydrogens (tertiary/aromatic N) is 1. The zero-order valence-electron chi connectivity index (χ0n) is 12.5. The number of nitrogens with one attached hydrogen (secondary N) is 2. The van der Waals surface area contributed by atoms with Gasteiger partial charge in [0.2, 0.25) is 10.0 Å². The first-order valence-electron chi connectivity index (χ1n) is 6.83. The first-order chi connectivity index (χ1) is 9.17. The molecular weight excluding hydrogens is 280 g/mol. The van der Waals surface area contributed by atoms with Crippen LogP contribution >= 0.6 is 0 Å². The van der Waals surface area contributed by atoms with Crippen LogP contribution in [0, 0.1) is 5.41 Å². The zero-order chi connectivity index (χ0) is 15.4. The second-order valence-corrected chi connectivity index (χ2v) is 7.48. The van der Waals surface area contributed by atoms with E-state index >= 15 is 0 Å². The SMILES string of the molecule is CC(C)OCCS(=O)(=O)NC1(C(=N)N)CCN(C)CC1. The van der Waals surface area contributed by atoms with E-state index in [1.54, 1.807) is 0 Å². The summed E-state index contributed by atoms with van der Waals surface area (Å²) in [5.74, 6) is -0.227. The Bertz CT molecular complexity index is 428. The van der Waals surface area contributed by atoms with Gasteiger partial charge in [0.25, 0.3) is 0 Å². The molecule has 0 atom stereocenters. The van der Waals surface area contributed by atoms with Gasteiger partial charge in [0.15, 0.2) is 0 Å². The summed E-state index contributed by atoms with van der Waals surface area (Å²) >= 11 is 0. The molecule has 20 heavy (non-hydrogen) atoms. The molecule has 1 saturated heterocycles. The third kappa shape index (κ3) is 5.01. The van der Waals surface area contributed by atoms with Crippen molar-refractivity contribution >= 4 is 15.9 Å². The van der Waals surface area contributed by atoms with Crippen molar-refractivity contribution in [1.29, 1.82) is 5.41 Å². The summed E-state index contributed by atoms with van der Waals surface area (Å²) in [6.45, 7) is 5.28. The maximum absolute atomic E-state index is 12.1. The number of hydrogen-bond acceptors (Lipinski definition) is 5. The summed E-state index contributed by atoms with van der Waals surface area (Å²) < 4.78 is 32.1. The van der Waals surface area contributed by atoms with Crippen LogP contribution in [0.3, 0.4) is 0 Å². The van der Waals surface area contributed by atoms with Crippen LogP contribution in [-0.4, -0.2) is 63.3 Å². The quantitative estimate of drug-likeness (QED) is 0.443. The van der Waals surface area contributed by atoms with Gasteiger partial charge in [-0.15, -0.1) is 0 Å². The minimum atomic E-state index is -3.51. The predicted molar refractivity (Wildman–Crippen MR) is 79.4 cm³/mol. The molecule has 7 nitrogen and oxygen atoms in total. The third-order valence-corrected chi connectivity index (χ3v) is 4.92. The van der Waals surface area contributed by atoms with E-state index < -0.39 is 15.6 Å². The molecular formula is C12H26N4O3S. The van der Waals surface area contributed by atoms with Crippen molar-refractivity contribution in [3.8, 4) is 0 Å². The van der Waals surface area contributed by atoms with Crippen LogP contribution in [0.15, 0.2) is 0 Å². The summed E-state index contributed by atoms with van der Waals surface area (Å²) in [4.78, 5) is 2.09. The Kier molecular flexibility index (Phi) is 5.93. The van der Waals surface area contributed by atoms with Crippen LogP contribution < -0.4 is 10.5 Å². The molecule has 0 aromatic carbocycles. The van der Waals surface area contributed by atoms with E-state index in [9.17, 15) is 8.42 Å². The van der Waals surface area contributed by atoms with E-state index in [4.69, 9.17) is 15.9 Å². The Balaban J connectivity index is 2.68. The average molecular weight is 306 g/mol. The molecule has 0 unspecified atom stereocenters. The van der Waals surface area contributed by atoms with Gasteiger partial charge in [-0.05, 0) is 33.7 Å². The molecule has 0 bridgehead atoms. The minimum Gasteiger partial charge on any atom is -0.386 e. The second kappa shape index (κ2) is 6.84. The lowest BCUT2D eigenvalue weighted by molar-refractivity contribution is 0.0910. The number of piperidine rings is 1. The standard InChI is InChI=1S/C12H26N4O3S/c1-10(2)19-8-9-20(17,18)15-12(11(13)14)4-6-16(3)7-5-12/h10,15H,4-9H2,1-3H3,(H3,13,14). The molecule has 1 fully saturated rings. The zero-order valence-corrected chi connectivity index (χ0v) is 13.3. The molecule has 0 spiro atoms. The summed E-state index contributed by atoms with van der Waals surface area (Å²) in [5, 5.41) is 7.73. The lowest BCUT2D eigenvalue weighted by atomic mass is 9.88. The summed E-state index contributed by atoms with van der Waals surface area (Å²) in [6, 6.07) is 0. The highest BCUT2D eigenvalue weighted by atomic mass is 32.2. The number of hydrogen-bond donors (Lipinski definition) is 3. The largest absolute Gasteiger partial charge is 0.386 e. The Labute approximate surface area is 121 Å². The molecule has 0 aromatic rings. The van der Waals surface area contributed by atoms with E-state index in [1.807, 2.05) is 20.9 Å².